The molecular weight excluding hydrogens is 459 g/mol. The Bertz CT molecular complexity index is 929. The summed E-state index contributed by atoms with van der Waals surface area (Å²) in [4.78, 5) is 12.2. The van der Waals surface area contributed by atoms with E-state index in [-0.39, 0.29) is 29.2 Å². The van der Waals surface area contributed by atoms with Crippen molar-refractivity contribution in [3.05, 3.63) is 64.4 Å². The number of hydrogen-bond acceptors (Lipinski definition) is 3. The zero-order valence-electron chi connectivity index (χ0n) is 16.8. The molecule has 0 aliphatic rings. The van der Waals surface area contributed by atoms with Crippen LogP contribution in [0.3, 0.4) is 0 Å². The summed E-state index contributed by atoms with van der Waals surface area (Å²) in [6.07, 6.45) is 0.612. The van der Waals surface area contributed by atoms with E-state index in [4.69, 9.17) is 0 Å². The van der Waals surface area contributed by atoms with Crippen molar-refractivity contribution in [1.29, 1.82) is 0 Å². The van der Waals surface area contributed by atoms with Crippen LogP contribution in [0.1, 0.15) is 32.3 Å². The molecule has 0 fully saturated rings. The van der Waals surface area contributed by atoms with Crippen molar-refractivity contribution in [2.45, 2.75) is 37.0 Å². The molecule has 29 heavy (non-hydrogen) atoms. The highest BCUT2D eigenvalue weighted by Crippen LogP contribution is 2.24. The van der Waals surface area contributed by atoms with Crippen LogP contribution in [0.15, 0.2) is 57.9 Å². The molecule has 0 spiro atoms. The standard InChI is InChI=1S/C21H26BrFN2O3S/c1-21(2,16-6-8-17(22)9-7-16)15-24-20(26)5-4-14-25(3)29(27,28)19-12-10-18(23)11-13-19/h6-13H,4-5,14-15H2,1-3H3,(H,24,26). The Morgan fingerprint density at radius 1 is 1.10 bits per heavy atom. The molecule has 0 saturated carbocycles. The van der Waals surface area contributed by atoms with E-state index in [1.807, 2.05) is 24.3 Å². The van der Waals surface area contributed by atoms with Crippen LogP contribution in [0.4, 0.5) is 4.39 Å². The summed E-state index contributed by atoms with van der Waals surface area (Å²) < 4.78 is 40.1. The van der Waals surface area contributed by atoms with Gasteiger partial charge in [0.25, 0.3) is 0 Å². The molecule has 0 saturated heterocycles. The Balaban J connectivity index is 1.81. The van der Waals surface area contributed by atoms with Gasteiger partial charge in [-0.15, -0.1) is 0 Å². The third kappa shape index (κ3) is 6.62. The van der Waals surface area contributed by atoms with Gasteiger partial charge in [-0.05, 0) is 48.4 Å². The fraction of sp³-hybridized carbons (Fsp3) is 0.381. The van der Waals surface area contributed by atoms with Gasteiger partial charge in [-0.3, -0.25) is 4.79 Å². The molecule has 0 heterocycles. The molecule has 0 bridgehead atoms. The van der Waals surface area contributed by atoms with E-state index in [9.17, 15) is 17.6 Å². The Kier molecular flexibility index (Phi) is 7.96. The minimum atomic E-state index is -3.70. The number of hydrogen-bond donors (Lipinski definition) is 1. The van der Waals surface area contributed by atoms with Gasteiger partial charge in [0.15, 0.2) is 0 Å². The van der Waals surface area contributed by atoms with Gasteiger partial charge in [0.2, 0.25) is 15.9 Å². The number of nitrogens with zero attached hydrogens (tertiary/aromatic N) is 1. The van der Waals surface area contributed by atoms with E-state index in [1.165, 1.54) is 23.5 Å². The van der Waals surface area contributed by atoms with E-state index in [0.29, 0.717) is 13.0 Å². The molecule has 0 aliphatic heterocycles. The summed E-state index contributed by atoms with van der Waals surface area (Å²) >= 11 is 3.41. The summed E-state index contributed by atoms with van der Waals surface area (Å²) in [5.41, 5.74) is 0.894. The molecule has 1 N–H and O–H groups in total. The maximum Gasteiger partial charge on any atom is 0.242 e. The van der Waals surface area contributed by atoms with Gasteiger partial charge in [-0.1, -0.05) is 41.9 Å². The van der Waals surface area contributed by atoms with E-state index in [0.717, 1.165) is 22.2 Å². The molecule has 2 aromatic carbocycles. The van der Waals surface area contributed by atoms with E-state index >= 15 is 0 Å². The molecule has 0 aromatic heterocycles. The summed E-state index contributed by atoms with van der Waals surface area (Å²) in [6, 6.07) is 12.7. The largest absolute Gasteiger partial charge is 0.355 e. The van der Waals surface area contributed by atoms with Gasteiger partial charge in [-0.2, -0.15) is 0 Å². The van der Waals surface area contributed by atoms with Crippen LogP contribution >= 0.6 is 15.9 Å². The summed E-state index contributed by atoms with van der Waals surface area (Å²) in [7, 11) is -2.25. The van der Waals surface area contributed by atoms with Crippen molar-refractivity contribution in [2.24, 2.45) is 0 Å². The first-order valence-electron chi connectivity index (χ1n) is 9.27. The van der Waals surface area contributed by atoms with Gasteiger partial charge in [0.05, 0.1) is 4.90 Å². The summed E-state index contributed by atoms with van der Waals surface area (Å²) in [6.45, 7) is 4.79. The molecular formula is C21H26BrFN2O3S. The lowest BCUT2D eigenvalue weighted by Crippen LogP contribution is -2.37. The molecule has 158 valence electrons. The zero-order chi connectivity index (χ0) is 21.7. The SMILES string of the molecule is CN(CCCC(=O)NCC(C)(C)c1ccc(Br)cc1)S(=O)(=O)c1ccc(F)cc1. The first kappa shape index (κ1) is 23.5. The fourth-order valence-electron chi connectivity index (χ4n) is 2.78. The molecule has 0 unspecified atom stereocenters. The van der Waals surface area contributed by atoms with Crippen LogP contribution in [0.5, 0.6) is 0 Å². The minimum absolute atomic E-state index is 0.0297. The topological polar surface area (TPSA) is 66.5 Å². The van der Waals surface area contributed by atoms with Crippen LogP contribution in [0, 0.1) is 5.82 Å². The molecule has 0 radical (unpaired) electrons. The first-order valence-corrected chi connectivity index (χ1v) is 11.5. The molecule has 2 aromatic rings. The van der Waals surface area contributed by atoms with Crippen molar-refractivity contribution in [3.8, 4) is 0 Å². The van der Waals surface area contributed by atoms with Crippen molar-refractivity contribution in [1.82, 2.24) is 9.62 Å². The Morgan fingerprint density at radius 2 is 1.69 bits per heavy atom. The van der Waals surface area contributed by atoms with Crippen molar-refractivity contribution < 1.29 is 17.6 Å². The van der Waals surface area contributed by atoms with Gasteiger partial charge < -0.3 is 5.32 Å². The molecule has 2 rings (SSSR count). The van der Waals surface area contributed by atoms with Crippen molar-refractivity contribution in [3.63, 3.8) is 0 Å². The average Bonchev–Trinajstić information content (AvgIpc) is 2.67. The molecule has 1 amide bonds. The first-order chi connectivity index (χ1) is 13.5. The van der Waals surface area contributed by atoms with Gasteiger partial charge >= 0.3 is 0 Å². The normalized spacial score (nSPS) is 12.2. The number of rotatable bonds is 9. The Labute approximate surface area is 180 Å². The lowest BCUT2D eigenvalue weighted by Gasteiger charge is -2.26. The molecule has 0 aliphatic carbocycles. The average molecular weight is 485 g/mol. The zero-order valence-corrected chi connectivity index (χ0v) is 19.2. The number of sulfonamides is 1. The van der Waals surface area contributed by atoms with Crippen LogP contribution in [-0.4, -0.2) is 38.8 Å². The van der Waals surface area contributed by atoms with Gasteiger partial charge in [-0.25, -0.2) is 17.1 Å². The highest BCUT2D eigenvalue weighted by atomic mass is 79.9. The maximum absolute atomic E-state index is 13.0. The van der Waals surface area contributed by atoms with E-state index in [1.54, 1.807) is 0 Å². The van der Waals surface area contributed by atoms with Crippen LogP contribution in [0.25, 0.3) is 0 Å². The fourth-order valence-corrected chi connectivity index (χ4v) is 4.25. The highest BCUT2D eigenvalue weighted by Gasteiger charge is 2.22. The Morgan fingerprint density at radius 3 is 2.28 bits per heavy atom. The van der Waals surface area contributed by atoms with Crippen LogP contribution in [0.2, 0.25) is 0 Å². The lowest BCUT2D eigenvalue weighted by molar-refractivity contribution is -0.121. The monoisotopic (exact) mass is 484 g/mol. The highest BCUT2D eigenvalue weighted by molar-refractivity contribution is 9.10. The van der Waals surface area contributed by atoms with Crippen molar-refractivity contribution in [2.75, 3.05) is 20.1 Å². The number of halogens is 2. The molecule has 8 heteroatoms. The molecule has 5 nitrogen and oxygen atoms in total. The maximum atomic E-state index is 13.0. The van der Waals surface area contributed by atoms with Crippen LogP contribution < -0.4 is 5.32 Å². The third-order valence-electron chi connectivity index (χ3n) is 4.75. The summed E-state index contributed by atoms with van der Waals surface area (Å²) in [5.74, 6) is -0.614. The lowest BCUT2D eigenvalue weighted by atomic mass is 9.84. The van der Waals surface area contributed by atoms with Crippen LogP contribution in [-0.2, 0) is 20.2 Å². The number of benzene rings is 2. The second-order valence-electron chi connectivity index (χ2n) is 7.55. The van der Waals surface area contributed by atoms with Gasteiger partial charge in [0.1, 0.15) is 5.82 Å². The smallest absolute Gasteiger partial charge is 0.242 e. The molecule has 0 atom stereocenters. The van der Waals surface area contributed by atoms with E-state index in [2.05, 4.69) is 35.1 Å². The minimum Gasteiger partial charge on any atom is -0.355 e. The predicted octanol–water partition coefficient (Wildman–Crippen LogP) is 4.08. The number of carbonyl (C=O) groups excluding carboxylic acids is 1. The van der Waals surface area contributed by atoms with Crippen molar-refractivity contribution >= 4 is 31.9 Å². The second kappa shape index (κ2) is 9.82. The van der Waals surface area contributed by atoms with E-state index < -0.39 is 15.8 Å². The Hall–Kier alpha value is -1.77. The predicted molar refractivity (Wildman–Crippen MR) is 116 cm³/mol. The third-order valence-corrected chi connectivity index (χ3v) is 7.15. The number of carbonyl (C=O) groups is 1. The quantitative estimate of drug-likeness (QED) is 0.582. The summed E-state index contributed by atoms with van der Waals surface area (Å²) in [5, 5.41) is 2.93. The van der Waals surface area contributed by atoms with Gasteiger partial charge in [0, 0.05) is 36.4 Å². The number of nitrogens with one attached hydrogen (secondary N) is 1. The second-order valence-corrected chi connectivity index (χ2v) is 10.5. The number of amides is 1.